The summed E-state index contributed by atoms with van der Waals surface area (Å²) >= 11 is 0. The Morgan fingerprint density at radius 1 is 0.920 bits per heavy atom. The van der Waals surface area contributed by atoms with Crippen molar-refractivity contribution in [1.82, 2.24) is 4.98 Å². The molecule has 1 N–H and O–H groups in total. The number of aromatic nitrogens is 1. The molecule has 0 amide bonds. The van der Waals surface area contributed by atoms with Crippen molar-refractivity contribution < 1.29 is 4.39 Å². The van der Waals surface area contributed by atoms with Gasteiger partial charge in [-0.2, -0.15) is 0 Å². The van der Waals surface area contributed by atoms with Crippen LogP contribution in [-0.2, 0) is 5.41 Å². The maximum Gasteiger partial charge on any atom is 0.127 e. The third-order valence-electron chi connectivity index (χ3n) is 5.25. The zero-order valence-electron chi connectivity index (χ0n) is 14.0. The zero-order valence-corrected chi connectivity index (χ0v) is 14.0. The van der Waals surface area contributed by atoms with Crippen LogP contribution in [0, 0.1) is 5.82 Å². The molecule has 0 unspecified atom stereocenters. The summed E-state index contributed by atoms with van der Waals surface area (Å²) in [6, 6.07) is 23.3. The summed E-state index contributed by atoms with van der Waals surface area (Å²) < 4.78 is 14.8. The Kier molecular flexibility index (Phi) is 4.22. The second kappa shape index (κ2) is 6.67. The predicted molar refractivity (Wildman–Crippen MR) is 99.1 cm³/mol. The Hall–Kier alpha value is -2.68. The first kappa shape index (κ1) is 15.8. The number of rotatable bonds is 4. The maximum absolute atomic E-state index is 14.8. The molecule has 1 aromatic heterocycles. The van der Waals surface area contributed by atoms with E-state index in [-0.39, 0.29) is 11.9 Å². The van der Waals surface area contributed by atoms with Crippen molar-refractivity contribution in [2.75, 3.05) is 5.32 Å². The molecule has 1 saturated carbocycles. The Balaban J connectivity index is 1.84. The summed E-state index contributed by atoms with van der Waals surface area (Å²) in [6.07, 6.45) is 4.71. The molecule has 25 heavy (non-hydrogen) atoms. The third-order valence-corrected chi connectivity index (χ3v) is 5.25. The van der Waals surface area contributed by atoms with E-state index in [1.807, 2.05) is 48.5 Å². The van der Waals surface area contributed by atoms with E-state index >= 15 is 0 Å². The second-order valence-electron chi connectivity index (χ2n) is 6.62. The van der Waals surface area contributed by atoms with Gasteiger partial charge in [-0.1, -0.05) is 48.9 Å². The van der Waals surface area contributed by atoms with Gasteiger partial charge in [-0.15, -0.1) is 0 Å². The monoisotopic (exact) mass is 332 g/mol. The topological polar surface area (TPSA) is 24.9 Å². The van der Waals surface area contributed by atoms with Gasteiger partial charge in [0.1, 0.15) is 5.82 Å². The SMILES string of the molecule is Fc1ccccc1[C@@]1(c2ccccn2)CCC[C@H]1Nc1ccccc1. The molecule has 0 aliphatic heterocycles. The van der Waals surface area contributed by atoms with Gasteiger partial charge in [0.25, 0.3) is 0 Å². The van der Waals surface area contributed by atoms with Crippen molar-refractivity contribution in [2.45, 2.75) is 30.7 Å². The number of nitrogens with one attached hydrogen (secondary N) is 1. The molecule has 1 fully saturated rings. The first-order valence-corrected chi connectivity index (χ1v) is 8.79. The third kappa shape index (κ3) is 2.80. The lowest BCUT2D eigenvalue weighted by atomic mass is 9.72. The molecule has 0 saturated heterocycles. The minimum Gasteiger partial charge on any atom is -0.381 e. The summed E-state index contributed by atoms with van der Waals surface area (Å²) in [6.45, 7) is 0. The lowest BCUT2D eigenvalue weighted by Gasteiger charge is -2.37. The van der Waals surface area contributed by atoms with Gasteiger partial charge in [0.15, 0.2) is 0 Å². The van der Waals surface area contributed by atoms with E-state index in [1.54, 1.807) is 18.3 Å². The molecular weight excluding hydrogens is 311 g/mol. The molecule has 1 aliphatic rings. The van der Waals surface area contributed by atoms with Gasteiger partial charge >= 0.3 is 0 Å². The van der Waals surface area contributed by atoms with Crippen LogP contribution in [0.25, 0.3) is 0 Å². The van der Waals surface area contributed by atoms with Crippen molar-refractivity contribution in [3.05, 3.63) is 96.1 Å². The smallest absolute Gasteiger partial charge is 0.127 e. The van der Waals surface area contributed by atoms with E-state index < -0.39 is 5.41 Å². The fraction of sp³-hybridized carbons (Fsp3) is 0.227. The van der Waals surface area contributed by atoms with Crippen LogP contribution < -0.4 is 5.32 Å². The summed E-state index contributed by atoms with van der Waals surface area (Å²) in [5.74, 6) is -0.157. The van der Waals surface area contributed by atoms with Crippen LogP contribution in [0.3, 0.4) is 0 Å². The predicted octanol–water partition coefficient (Wildman–Crippen LogP) is 5.17. The molecule has 4 rings (SSSR count). The molecule has 0 spiro atoms. The number of anilines is 1. The second-order valence-corrected chi connectivity index (χ2v) is 6.62. The largest absolute Gasteiger partial charge is 0.381 e. The standard InChI is InChI=1S/C22H21FN2/c23-19-12-5-4-11-18(19)22(20-13-6-7-16-24-20)15-8-14-21(22)25-17-9-2-1-3-10-17/h1-7,9-13,16,21,25H,8,14-15H2/t21-,22-/m1/s1. The molecule has 2 aromatic carbocycles. The van der Waals surface area contributed by atoms with Crippen molar-refractivity contribution >= 4 is 5.69 Å². The van der Waals surface area contributed by atoms with Crippen LogP contribution in [0.15, 0.2) is 79.0 Å². The molecule has 0 bridgehead atoms. The van der Waals surface area contributed by atoms with E-state index in [0.717, 1.165) is 36.2 Å². The molecule has 3 heteroatoms. The highest BCUT2D eigenvalue weighted by molar-refractivity contribution is 5.49. The molecular formula is C22H21FN2. The van der Waals surface area contributed by atoms with Crippen molar-refractivity contribution in [1.29, 1.82) is 0 Å². The average Bonchev–Trinajstić information content (AvgIpc) is 3.08. The van der Waals surface area contributed by atoms with E-state index in [9.17, 15) is 4.39 Å². The van der Waals surface area contributed by atoms with Gasteiger partial charge < -0.3 is 5.32 Å². The normalized spacial score (nSPS) is 22.7. The number of hydrogen-bond acceptors (Lipinski definition) is 2. The number of pyridine rings is 1. The van der Waals surface area contributed by atoms with Gasteiger partial charge in [0.2, 0.25) is 0 Å². The lowest BCUT2D eigenvalue weighted by molar-refractivity contribution is 0.448. The van der Waals surface area contributed by atoms with E-state index in [1.165, 1.54) is 0 Å². The minimum absolute atomic E-state index is 0.0988. The quantitative estimate of drug-likeness (QED) is 0.713. The molecule has 2 atom stereocenters. The Bertz CT molecular complexity index is 835. The fourth-order valence-electron chi connectivity index (χ4n) is 4.15. The number of halogens is 1. The highest BCUT2D eigenvalue weighted by Gasteiger charge is 2.48. The highest BCUT2D eigenvalue weighted by atomic mass is 19.1. The maximum atomic E-state index is 14.8. The summed E-state index contributed by atoms with van der Waals surface area (Å²) in [5.41, 5.74) is 2.28. The minimum atomic E-state index is -0.456. The van der Waals surface area contributed by atoms with Crippen LogP contribution in [0.5, 0.6) is 0 Å². The van der Waals surface area contributed by atoms with Gasteiger partial charge in [-0.25, -0.2) is 4.39 Å². The highest BCUT2D eigenvalue weighted by Crippen LogP contribution is 2.47. The first-order valence-electron chi connectivity index (χ1n) is 8.79. The summed E-state index contributed by atoms with van der Waals surface area (Å²) in [7, 11) is 0. The summed E-state index contributed by atoms with van der Waals surface area (Å²) in [4.78, 5) is 4.64. The van der Waals surface area contributed by atoms with Crippen molar-refractivity contribution in [3.63, 3.8) is 0 Å². The van der Waals surface area contributed by atoms with Crippen LogP contribution >= 0.6 is 0 Å². The van der Waals surface area contributed by atoms with Gasteiger partial charge in [0, 0.05) is 23.5 Å². The Labute approximate surface area is 147 Å². The summed E-state index contributed by atoms with van der Waals surface area (Å²) in [5, 5.41) is 3.65. The van der Waals surface area contributed by atoms with E-state index in [2.05, 4.69) is 22.4 Å². The number of benzene rings is 2. The zero-order chi connectivity index (χ0) is 17.1. The van der Waals surface area contributed by atoms with Crippen LogP contribution in [0.4, 0.5) is 10.1 Å². The molecule has 0 radical (unpaired) electrons. The number of hydrogen-bond donors (Lipinski definition) is 1. The van der Waals surface area contributed by atoms with Crippen LogP contribution in [0.2, 0.25) is 0 Å². The van der Waals surface area contributed by atoms with Gasteiger partial charge in [-0.05, 0) is 43.2 Å². The van der Waals surface area contributed by atoms with Crippen molar-refractivity contribution in [3.8, 4) is 0 Å². The molecule has 3 aromatic rings. The molecule has 2 nitrogen and oxygen atoms in total. The van der Waals surface area contributed by atoms with Crippen molar-refractivity contribution in [2.24, 2.45) is 0 Å². The van der Waals surface area contributed by atoms with Gasteiger partial charge in [-0.3, -0.25) is 4.98 Å². The average molecular weight is 332 g/mol. The molecule has 126 valence electrons. The van der Waals surface area contributed by atoms with E-state index in [4.69, 9.17) is 0 Å². The molecule has 1 aliphatic carbocycles. The Morgan fingerprint density at radius 2 is 1.68 bits per heavy atom. The van der Waals surface area contributed by atoms with Crippen LogP contribution in [-0.4, -0.2) is 11.0 Å². The first-order chi connectivity index (χ1) is 12.3. The number of para-hydroxylation sites is 1. The van der Waals surface area contributed by atoms with E-state index in [0.29, 0.717) is 0 Å². The number of nitrogens with zero attached hydrogens (tertiary/aromatic N) is 1. The van der Waals surface area contributed by atoms with Gasteiger partial charge in [0.05, 0.1) is 11.1 Å². The van der Waals surface area contributed by atoms with Crippen LogP contribution in [0.1, 0.15) is 30.5 Å². The lowest BCUT2D eigenvalue weighted by Crippen LogP contribution is -2.42. The molecule has 1 heterocycles. The Morgan fingerprint density at radius 3 is 2.44 bits per heavy atom. The fourth-order valence-corrected chi connectivity index (χ4v) is 4.15.